The molecular formula is C14H27NO2. The fourth-order valence-corrected chi connectivity index (χ4v) is 2.56. The first-order chi connectivity index (χ1) is 8.11. The van der Waals surface area contributed by atoms with E-state index in [1.165, 1.54) is 38.8 Å². The Bertz CT molecular complexity index is 222. The molecule has 0 aromatic heterocycles. The highest BCUT2D eigenvalue weighted by molar-refractivity contribution is 5.69. The van der Waals surface area contributed by atoms with Crippen LogP contribution in [-0.4, -0.2) is 35.1 Å². The summed E-state index contributed by atoms with van der Waals surface area (Å²) in [5.74, 6) is -0.848. The zero-order valence-corrected chi connectivity index (χ0v) is 11.3. The lowest BCUT2D eigenvalue weighted by atomic mass is 10.0. The third-order valence-corrected chi connectivity index (χ3v) is 3.94. The minimum atomic E-state index is -0.660. The van der Waals surface area contributed by atoms with E-state index in [-0.39, 0.29) is 5.92 Å². The zero-order chi connectivity index (χ0) is 12.7. The van der Waals surface area contributed by atoms with Gasteiger partial charge in [-0.3, -0.25) is 4.79 Å². The monoisotopic (exact) mass is 241 g/mol. The summed E-state index contributed by atoms with van der Waals surface area (Å²) < 4.78 is 0. The average Bonchev–Trinajstić information content (AvgIpc) is 2.57. The van der Waals surface area contributed by atoms with Gasteiger partial charge in [-0.05, 0) is 45.7 Å². The highest BCUT2D eigenvalue weighted by atomic mass is 16.4. The average molecular weight is 241 g/mol. The Labute approximate surface area is 105 Å². The molecule has 3 nitrogen and oxygen atoms in total. The van der Waals surface area contributed by atoms with E-state index in [9.17, 15) is 4.79 Å². The van der Waals surface area contributed by atoms with Gasteiger partial charge in [0.05, 0.1) is 5.92 Å². The van der Waals surface area contributed by atoms with Crippen LogP contribution in [0, 0.1) is 5.92 Å². The van der Waals surface area contributed by atoms with Crippen LogP contribution in [0.1, 0.15) is 58.8 Å². The second-order valence-electron chi connectivity index (χ2n) is 5.47. The molecule has 100 valence electrons. The van der Waals surface area contributed by atoms with Crippen molar-refractivity contribution in [1.82, 2.24) is 4.90 Å². The zero-order valence-electron chi connectivity index (χ0n) is 11.3. The fourth-order valence-electron chi connectivity index (χ4n) is 2.56. The van der Waals surface area contributed by atoms with E-state index >= 15 is 0 Å². The van der Waals surface area contributed by atoms with Crippen LogP contribution in [0.25, 0.3) is 0 Å². The number of carboxylic acids is 1. The first-order valence-electron chi connectivity index (χ1n) is 7.08. The highest BCUT2D eigenvalue weighted by Gasteiger charge is 2.16. The maximum atomic E-state index is 10.7. The molecule has 1 rings (SSSR count). The Morgan fingerprint density at radius 1 is 1.12 bits per heavy atom. The van der Waals surface area contributed by atoms with Gasteiger partial charge in [0.1, 0.15) is 0 Å². The van der Waals surface area contributed by atoms with Crippen molar-refractivity contribution >= 4 is 5.97 Å². The molecule has 1 aliphatic heterocycles. The van der Waals surface area contributed by atoms with Crippen molar-refractivity contribution in [1.29, 1.82) is 0 Å². The van der Waals surface area contributed by atoms with E-state index in [0.29, 0.717) is 6.04 Å². The summed E-state index contributed by atoms with van der Waals surface area (Å²) in [7, 11) is 0. The van der Waals surface area contributed by atoms with Crippen LogP contribution in [0.15, 0.2) is 0 Å². The number of aliphatic carboxylic acids is 1. The number of carboxylic acid groups (broad SMARTS) is 1. The van der Waals surface area contributed by atoms with Crippen LogP contribution in [0.5, 0.6) is 0 Å². The van der Waals surface area contributed by atoms with Crippen molar-refractivity contribution in [2.24, 2.45) is 5.92 Å². The molecule has 0 spiro atoms. The Hall–Kier alpha value is -0.570. The molecule has 1 saturated heterocycles. The molecule has 0 aromatic rings. The molecule has 0 saturated carbocycles. The molecule has 1 aliphatic rings. The van der Waals surface area contributed by atoms with Gasteiger partial charge in [-0.15, -0.1) is 0 Å². The van der Waals surface area contributed by atoms with E-state index in [1.54, 1.807) is 6.92 Å². The van der Waals surface area contributed by atoms with Crippen LogP contribution in [0.2, 0.25) is 0 Å². The number of carbonyl (C=O) groups is 1. The van der Waals surface area contributed by atoms with E-state index in [0.717, 1.165) is 19.3 Å². The first-order valence-corrected chi connectivity index (χ1v) is 7.08. The SMILES string of the molecule is CC(CCCC(C)N1CCCCCC1)C(=O)O. The van der Waals surface area contributed by atoms with Gasteiger partial charge in [0.25, 0.3) is 0 Å². The quantitative estimate of drug-likeness (QED) is 0.776. The molecule has 17 heavy (non-hydrogen) atoms. The number of hydrogen-bond acceptors (Lipinski definition) is 2. The molecule has 0 radical (unpaired) electrons. The van der Waals surface area contributed by atoms with Crippen LogP contribution in [0.4, 0.5) is 0 Å². The molecule has 1 heterocycles. The summed E-state index contributed by atoms with van der Waals surface area (Å²) in [6, 6.07) is 0.620. The third kappa shape index (κ3) is 5.53. The van der Waals surface area contributed by atoms with Crippen molar-refractivity contribution in [3.63, 3.8) is 0 Å². The van der Waals surface area contributed by atoms with Crippen molar-refractivity contribution in [3.8, 4) is 0 Å². The van der Waals surface area contributed by atoms with E-state index in [1.807, 2.05) is 0 Å². The van der Waals surface area contributed by atoms with E-state index in [4.69, 9.17) is 5.11 Å². The van der Waals surface area contributed by atoms with Gasteiger partial charge in [0.15, 0.2) is 0 Å². The molecule has 0 amide bonds. The molecule has 1 N–H and O–H groups in total. The van der Waals surface area contributed by atoms with Crippen LogP contribution in [-0.2, 0) is 4.79 Å². The largest absolute Gasteiger partial charge is 0.481 e. The Balaban J connectivity index is 2.19. The Morgan fingerprint density at radius 2 is 1.71 bits per heavy atom. The van der Waals surface area contributed by atoms with Gasteiger partial charge in [-0.1, -0.05) is 26.2 Å². The predicted molar refractivity (Wildman–Crippen MR) is 70.2 cm³/mol. The van der Waals surface area contributed by atoms with Gasteiger partial charge in [-0.25, -0.2) is 0 Å². The smallest absolute Gasteiger partial charge is 0.306 e. The number of likely N-dealkylation sites (tertiary alicyclic amines) is 1. The van der Waals surface area contributed by atoms with Crippen molar-refractivity contribution in [3.05, 3.63) is 0 Å². The van der Waals surface area contributed by atoms with Crippen molar-refractivity contribution < 1.29 is 9.90 Å². The lowest BCUT2D eigenvalue weighted by Gasteiger charge is -2.27. The van der Waals surface area contributed by atoms with Crippen molar-refractivity contribution in [2.75, 3.05) is 13.1 Å². The normalized spacial score (nSPS) is 21.8. The van der Waals surface area contributed by atoms with Crippen LogP contribution >= 0.6 is 0 Å². The molecular weight excluding hydrogens is 214 g/mol. The predicted octanol–water partition coefficient (Wildman–Crippen LogP) is 3.14. The minimum Gasteiger partial charge on any atom is -0.481 e. The summed E-state index contributed by atoms with van der Waals surface area (Å²) >= 11 is 0. The molecule has 2 unspecified atom stereocenters. The van der Waals surface area contributed by atoms with Gasteiger partial charge in [0.2, 0.25) is 0 Å². The Morgan fingerprint density at radius 3 is 2.24 bits per heavy atom. The maximum absolute atomic E-state index is 10.7. The summed E-state index contributed by atoms with van der Waals surface area (Å²) in [5, 5.41) is 8.82. The first kappa shape index (κ1) is 14.5. The van der Waals surface area contributed by atoms with Gasteiger partial charge in [-0.2, -0.15) is 0 Å². The third-order valence-electron chi connectivity index (χ3n) is 3.94. The number of rotatable bonds is 6. The van der Waals surface area contributed by atoms with Crippen LogP contribution in [0.3, 0.4) is 0 Å². The minimum absolute atomic E-state index is 0.189. The van der Waals surface area contributed by atoms with Gasteiger partial charge >= 0.3 is 5.97 Å². The molecule has 1 fully saturated rings. The fraction of sp³-hybridized carbons (Fsp3) is 0.929. The molecule has 0 bridgehead atoms. The van der Waals surface area contributed by atoms with Gasteiger partial charge < -0.3 is 10.0 Å². The van der Waals surface area contributed by atoms with Crippen LogP contribution < -0.4 is 0 Å². The Kier molecular flexibility index (Phi) is 6.56. The number of nitrogens with zero attached hydrogens (tertiary/aromatic N) is 1. The van der Waals surface area contributed by atoms with E-state index in [2.05, 4.69) is 11.8 Å². The number of hydrogen-bond donors (Lipinski definition) is 1. The standard InChI is InChI=1S/C14H27NO2/c1-12(14(16)17)8-7-9-13(2)15-10-5-3-4-6-11-15/h12-13H,3-11H2,1-2H3,(H,16,17). The summed E-state index contributed by atoms with van der Waals surface area (Å²) in [4.78, 5) is 13.3. The van der Waals surface area contributed by atoms with Gasteiger partial charge in [0, 0.05) is 6.04 Å². The molecule has 2 atom stereocenters. The summed E-state index contributed by atoms with van der Waals surface area (Å²) in [6.07, 6.45) is 8.39. The lowest BCUT2D eigenvalue weighted by molar-refractivity contribution is -0.141. The second-order valence-corrected chi connectivity index (χ2v) is 5.47. The summed E-state index contributed by atoms with van der Waals surface area (Å²) in [6.45, 7) is 6.56. The van der Waals surface area contributed by atoms with Crippen molar-refractivity contribution in [2.45, 2.75) is 64.8 Å². The molecule has 0 aromatic carbocycles. The molecule has 3 heteroatoms. The highest BCUT2D eigenvalue weighted by Crippen LogP contribution is 2.17. The van der Waals surface area contributed by atoms with E-state index < -0.39 is 5.97 Å². The summed E-state index contributed by atoms with van der Waals surface area (Å²) in [5.41, 5.74) is 0. The lowest BCUT2D eigenvalue weighted by Crippen LogP contribution is -2.33. The molecule has 0 aliphatic carbocycles. The topological polar surface area (TPSA) is 40.5 Å². The second kappa shape index (κ2) is 7.70. The maximum Gasteiger partial charge on any atom is 0.306 e.